The molecule has 0 bridgehead atoms. The highest BCUT2D eigenvalue weighted by Gasteiger charge is 2.28. The van der Waals surface area contributed by atoms with Crippen molar-refractivity contribution < 1.29 is 8.42 Å². The summed E-state index contributed by atoms with van der Waals surface area (Å²) < 4.78 is 27.2. The summed E-state index contributed by atoms with van der Waals surface area (Å²) in [4.78, 5) is 1.10. The normalized spacial score (nSPS) is 13.9. The van der Waals surface area contributed by atoms with Gasteiger partial charge >= 0.3 is 0 Å². The van der Waals surface area contributed by atoms with Crippen molar-refractivity contribution in [2.45, 2.75) is 43.9 Å². The van der Waals surface area contributed by atoms with Gasteiger partial charge < -0.3 is 5.32 Å². The van der Waals surface area contributed by atoms with Crippen molar-refractivity contribution in [3.63, 3.8) is 0 Å². The van der Waals surface area contributed by atoms with Crippen LogP contribution in [0, 0.1) is 0 Å². The van der Waals surface area contributed by atoms with Gasteiger partial charge in [0.05, 0.1) is 0 Å². The molecule has 0 aromatic carbocycles. The molecule has 0 saturated heterocycles. The number of rotatable bonds is 8. The zero-order valence-corrected chi connectivity index (χ0v) is 13.8. The fourth-order valence-corrected chi connectivity index (χ4v) is 5.12. The van der Waals surface area contributed by atoms with Crippen LogP contribution in [0.15, 0.2) is 16.3 Å². The molecule has 1 aromatic heterocycles. The average Bonchev–Trinajstić information content (AvgIpc) is 2.86. The summed E-state index contributed by atoms with van der Waals surface area (Å²) in [6, 6.07) is 3.69. The van der Waals surface area contributed by atoms with Gasteiger partial charge in [0.15, 0.2) is 0 Å². The maximum atomic E-state index is 12.6. The molecule has 0 aliphatic carbocycles. The van der Waals surface area contributed by atoms with Gasteiger partial charge in [-0.25, -0.2) is 8.42 Å². The number of thiophene rings is 1. The molecule has 0 amide bonds. The van der Waals surface area contributed by atoms with Crippen LogP contribution in [0.25, 0.3) is 0 Å². The average molecular weight is 304 g/mol. The van der Waals surface area contributed by atoms with Crippen LogP contribution in [0.1, 0.15) is 32.1 Å². The third kappa shape index (κ3) is 4.02. The van der Waals surface area contributed by atoms with Crippen LogP contribution in [0.5, 0.6) is 0 Å². The van der Waals surface area contributed by atoms with Crippen LogP contribution in [0.4, 0.5) is 0 Å². The van der Waals surface area contributed by atoms with Gasteiger partial charge in [0.2, 0.25) is 0 Å². The first-order valence-electron chi connectivity index (χ1n) is 6.72. The standard InChI is InChI=1S/C13H24N2O2S2/c1-5-11(3)15(6-2)19(16,17)13-8-7-12(18-13)9-10-14-4/h7-8,11,14H,5-6,9-10H2,1-4H3. The number of sulfonamides is 1. The van der Waals surface area contributed by atoms with Gasteiger partial charge in [-0.2, -0.15) is 4.31 Å². The molecule has 0 spiro atoms. The lowest BCUT2D eigenvalue weighted by Gasteiger charge is -2.25. The number of nitrogens with zero attached hydrogens (tertiary/aromatic N) is 1. The third-order valence-corrected chi connectivity index (χ3v) is 6.92. The molecule has 1 N–H and O–H groups in total. The van der Waals surface area contributed by atoms with E-state index in [1.54, 1.807) is 10.4 Å². The van der Waals surface area contributed by atoms with E-state index < -0.39 is 10.0 Å². The van der Waals surface area contributed by atoms with Crippen molar-refractivity contribution in [1.29, 1.82) is 0 Å². The number of nitrogens with one attached hydrogen (secondary N) is 1. The molecular formula is C13H24N2O2S2. The highest BCUT2D eigenvalue weighted by molar-refractivity contribution is 7.91. The van der Waals surface area contributed by atoms with Crippen LogP contribution in [0.2, 0.25) is 0 Å². The monoisotopic (exact) mass is 304 g/mol. The summed E-state index contributed by atoms with van der Waals surface area (Å²) >= 11 is 1.38. The summed E-state index contributed by atoms with van der Waals surface area (Å²) in [5.41, 5.74) is 0. The van der Waals surface area contributed by atoms with E-state index in [1.165, 1.54) is 11.3 Å². The minimum Gasteiger partial charge on any atom is -0.319 e. The molecule has 0 radical (unpaired) electrons. The molecule has 1 rings (SSSR count). The zero-order chi connectivity index (χ0) is 14.5. The molecule has 19 heavy (non-hydrogen) atoms. The lowest BCUT2D eigenvalue weighted by atomic mass is 10.3. The second kappa shape index (κ2) is 7.38. The predicted molar refractivity (Wildman–Crippen MR) is 81.3 cm³/mol. The lowest BCUT2D eigenvalue weighted by molar-refractivity contribution is 0.343. The van der Waals surface area contributed by atoms with Crippen molar-refractivity contribution >= 4 is 21.4 Å². The van der Waals surface area contributed by atoms with E-state index in [0.29, 0.717) is 10.8 Å². The quantitative estimate of drug-likeness (QED) is 0.802. The summed E-state index contributed by atoms with van der Waals surface area (Å²) in [6.45, 7) is 7.23. The SMILES string of the molecule is CCC(C)N(CC)S(=O)(=O)c1ccc(CCNC)s1. The van der Waals surface area contributed by atoms with Gasteiger partial charge in [-0.15, -0.1) is 11.3 Å². The maximum Gasteiger partial charge on any atom is 0.252 e. The second-order valence-electron chi connectivity index (χ2n) is 4.54. The largest absolute Gasteiger partial charge is 0.319 e. The highest BCUT2D eigenvalue weighted by Crippen LogP contribution is 2.26. The van der Waals surface area contributed by atoms with E-state index in [1.807, 2.05) is 33.9 Å². The van der Waals surface area contributed by atoms with Gasteiger partial charge in [-0.1, -0.05) is 13.8 Å². The third-order valence-electron chi connectivity index (χ3n) is 3.22. The molecule has 0 saturated carbocycles. The Balaban J connectivity index is 2.95. The van der Waals surface area contributed by atoms with E-state index in [2.05, 4.69) is 5.32 Å². The summed E-state index contributed by atoms with van der Waals surface area (Å²) in [5, 5.41) is 3.07. The molecule has 1 unspecified atom stereocenters. The van der Waals surface area contributed by atoms with E-state index in [-0.39, 0.29) is 6.04 Å². The van der Waals surface area contributed by atoms with E-state index in [4.69, 9.17) is 0 Å². The van der Waals surface area contributed by atoms with Gasteiger partial charge in [0.1, 0.15) is 4.21 Å². The van der Waals surface area contributed by atoms with E-state index >= 15 is 0 Å². The Hall–Kier alpha value is -0.430. The minimum atomic E-state index is -3.34. The Kier molecular flexibility index (Phi) is 6.46. The summed E-state index contributed by atoms with van der Waals surface area (Å²) in [6.07, 6.45) is 1.69. The first kappa shape index (κ1) is 16.6. The zero-order valence-electron chi connectivity index (χ0n) is 12.1. The molecule has 0 aliphatic rings. The first-order chi connectivity index (χ1) is 8.97. The number of hydrogen-bond acceptors (Lipinski definition) is 4. The Morgan fingerprint density at radius 2 is 2.05 bits per heavy atom. The number of hydrogen-bond donors (Lipinski definition) is 1. The van der Waals surface area contributed by atoms with Crippen LogP contribution in [0.3, 0.4) is 0 Å². The molecule has 6 heteroatoms. The van der Waals surface area contributed by atoms with Gasteiger partial charge in [-0.05, 0) is 45.5 Å². The fourth-order valence-electron chi connectivity index (χ4n) is 1.92. The lowest BCUT2D eigenvalue weighted by Crippen LogP contribution is -2.37. The van der Waals surface area contributed by atoms with Crippen molar-refractivity contribution in [2.75, 3.05) is 20.1 Å². The fraction of sp³-hybridized carbons (Fsp3) is 0.692. The molecule has 0 fully saturated rings. The smallest absolute Gasteiger partial charge is 0.252 e. The molecule has 0 aliphatic heterocycles. The van der Waals surface area contributed by atoms with E-state index in [0.717, 1.165) is 24.3 Å². The molecule has 4 nitrogen and oxygen atoms in total. The summed E-state index contributed by atoms with van der Waals surface area (Å²) in [7, 11) is -1.44. The van der Waals surface area contributed by atoms with E-state index in [9.17, 15) is 8.42 Å². The second-order valence-corrected chi connectivity index (χ2v) is 7.83. The highest BCUT2D eigenvalue weighted by atomic mass is 32.2. The van der Waals surface area contributed by atoms with Crippen molar-refractivity contribution in [1.82, 2.24) is 9.62 Å². The van der Waals surface area contributed by atoms with Crippen LogP contribution in [-0.4, -0.2) is 38.9 Å². The Bertz CT molecular complexity index is 483. The number of likely N-dealkylation sites (N-methyl/N-ethyl adjacent to an activating group) is 1. The maximum absolute atomic E-state index is 12.6. The van der Waals surface area contributed by atoms with Crippen LogP contribution < -0.4 is 5.32 Å². The van der Waals surface area contributed by atoms with Crippen molar-refractivity contribution in [3.05, 3.63) is 17.0 Å². The first-order valence-corrected chi connectivity index (χ1v) is 8.98. The summed E-state index contributed by atoms with van der Waals surface area (Å²) in [5.74, 6) is 0. The van der Waals surface area contributed by atoms with Crippen LogP contribution >= 0.6 is 11.3 Å². The van der Waals surface area contributed by atoms with Crippen LogP contribution in [-0.2, 0) is 16.4 Å². The van der Waals surface area contributed by atoms with Crippen molar-refractivity contribution in [2.24, 2.45) is 0 Å². The van der Waals surface area contributed by atoms with Gasteiger partial charge in [0, 0.05) is 17.5 Å². The van der Waals surface area contributed by atoms with Crippen molar-refractivity contribution in [3.8, 4) is 0 Å². The Labute approximate surface area is 120 Å². The molecule has 1 aromatic rings. The molecular weight excluding hydrogens is 280 g/mol. The van der Waals surface area contributed by atoms with Gasteiger partial charge in [-0.3, -0.25) is 0 Å². The van der Waals surface area contributed by atoms with Gasteiger partial charge in [0.25, 0.3) is 10.0 Å². The molecule has 110 valence electrons. The minimum absolute atomic E-state index is 0.0397. The Morgan fingerprint density at radius 1 is 1.37 bits per heavy atom. The molecule has 1 heterocycles. The topological polar surface area (TPSA) is 49.4 Å². The Morgan fingerprint density at radius 3 is 2.58 bits per heavy atom. The predicted octanol–water partition coefficient (Wildman–Crippen LogP) is 2.32. The molecule has 1 atom stereocenters.